The molecule has 2 rings (SSSR count). The van der Waals surface area contributed by atoms with Gasteiger partial charge in [0.05, 0.1) is 12.7 Å². The van der Waals surface area contributed by atoms with Crippen molar-refractivity contribution in [3.63, 3.8) is 0 Å². The average Bonchev–Trinajstić information content (AvgIpc) is 2.99. The molecule has 0 radical (unpaired) electrons. The van der Waals surface area contributed by atoms with Gasteiger partial charge in [0.25, 0.3) is 0 Å². The summed E-state index contributed by atoms with van der Waals surface area (Å²) in [5.41, 5.74) is 1.14. The van der Waals surface area contributed by atoms with E-state index < -0.39 is 0 Å². The first-order chi connectivity index (χ1) is 13.7. The number of nitrogens with zero attached hydrogens (tertiary/aromatic N) is 2. The molecule has 1 saturated carbocycles. The second kappa shape index (κ2) is 15.5. The molecule has 29 heavy (non-hydrogen) atoms. The Labute approximate surface area is 192 Å². The largest absolute Gasteiger partial charge is 0.376 e. The Morgan fingerprint density at radius 2 is 1.76 bits per heavy atom. The van der Waals surface area contributed by atoms with Crippen molar-refractivity contribution in [1.29, 1.82) is 0 Å². The molecule has 2 N–H and O–H groups in total. The summed E-state index contributed by atoms with van der Waals surface area (Å²) >= 11 is 0. The van der Waals surface area contributed by atoms with E-state index in [1.807, 2.05) is 37.4 Å². The lowest BCUT2D eigenvalue weighted by Crippen LogP contribution is -2.41. The highest BCUT2D eigenvalue weighted by atomic mass is 127. The number of rotatable bonds is 9. The number of hydrogen-bond donors (Lipinski definition) is 2. The van der Waals surface area contributed by atoms with Gasteiger partial charge >= 0.3 is 0 Å². The van der Waals surface area contributed by atoms with Crippen molar-refractivity contribution in [3.05, 3.63) is 35.9 Å². The van der Waals surface area contributed by atoms with Crippen LogP contribution in [-0.2, 0) is 16.1 Å². The van der Waals surface area contributed by atoms with Crippen LogP contribution in [0.25, 0.3) is 0 Å². The van der Waals surface area contributed by atoms with Crippen LogP contribution in [0.15, 0.2) is 35.3 Å². The van der Waals surface area contributed by atoms with Crippen LogP contribution in [0.1, 0.15) is 50.5 Å². The standard InChI is InChI=1S/C22H36N4O2.HI/c1-23-22(25-16-17-28-20-12-8-3-4-9-13-20)24-15-14-21(27)26(2)18-19-10-6-5-7-11-19;/h5-7,10-11,20H,3-4,8-9,12-18H2,1-2H3,(H2,23,24,25);1H. The Balaban J connectivity index is 0.00000420. The molecule has 7 heteroatoms. The molecule has 0 aliphatic heterocycles. The maximum atomic E-state index is 12.3. The minimum atomic E-state index is 0. The second-order valence-electron chi connectivity index (χ2n) is 7.40. The number of benzene rings is 1. The van der Waals surface area contributed by atoms with E-state index in [2.05, 4.69) is 15.6 Å². The van der Waals surface area contributed by atoms with Crippen LogP contribution in [0.3, 0.4) is 0 Å². The Hall–Kier alpha value is -1.35. The number of hydrogen-bond acceptors (Lipinski definition) is 3. The average molecular weight is 516 g/mol. The number of carbonyl (C=O) groups is 1. The molecule has 1 aromatic rings. The summed E-state index contributed by atoms with van der Waals surface area (Å²) in [6.07, 6.45) is 8.47. The maximum Gasteiger partial charge on any atom is 0.224 e. The third-order valence-corrected chi connectivity index (χ3v) is 5.09. The molecule has 164 valence electrons. The van der Waals surface area contributed by atoms with Crippen molar-refractivity contribution in [2.75, 3.05) is 33.8 Å². The molecule has 0 bridgehead atoms. The molecular weight excluding hydrogens is 479 g/mol. The minimum absolute atomic E-state index is 0. The Morgan fingerprint density at radius 3 is 2.41 bits per heavy atom. The van der Waals surface area contributed by atoms with Gasteiger partial charge in [0.2, 0.25) is 5.91 Å². The monoisotopic (exact) mass is 516 g/mol. The quantitative estimate of drug-likeness (QED) is 0.173. The second-order valence-corrected chi connectivity index (χ2v) is 7.40. The molecular formula is C22H37IN4O2. The van der Waals surface area contributed by atoms with Crippen molar-refractivity contribution in [1.82, 2.24) is 15.5 Å². The van der Waals surface area contributed by atoms with Gasteiger partial charge < -0.3 is 20.3 Å². The van der Waals surface area contributed by atoms with Crippen LogP contribution in [0, 0.1) is 0 Å². The summed E-state index contributed by atoms with van der Waals surface area (Å²) in [5.74, 6) is 0.825. The fraction of sp³-hybridized carbons (Fsp3) is 0.636. The molecule has 1 aliphatic carbocycles. The highest BCUT2D eigenvalue weighted by Gasteiger charge is 2.12. The van der Waals surface area contributed by atoms with Crippen LogP contribution < -0.4 is 10.6 Å². The summed E-state index contributed by atoms with van der Waals surface area (Å²) in [5, 5.41) is 6.46. The van der Waals surface area contributed by atoms with Crippen molar-refractivity contribution < 1.29 is 9.53 Å². The van der Waals surface area contributed by atoms with Gasteiger partial charge in [-0.2, -0.15) is 0 Å². The number of guanidine groups is 1. The first kappa shape index (κ1) is 25.7. The van der Waals surface area contributed by atoms with E-state index in [-0.39, 0.29) is 29.9 Å². The first-order valence-corrected chi connectivity index (χ1v) is 10.5. The third kappa shape index (κ3) is 10.8. The van der Waals surface area contributed by atoms with Crippen molar-refractivity contribution >= 4 is 35.8 Å². The molecule has 6 nitrogen and oxygen atoms in total. The van der Waals surface area contributed by atoms with Crippen LogP contribution in [0.5, 0.6) is 0 Å². The molecule has 1 aliphatic rings. The van der Waals surface area contributed by atoms with Crippen LogP contribution in [0.4, 0.5) is 0 Å². The van der Waals surface area contributed by atoms with E-state index in [0.29, 0.717) is 38.2 Å². The molecule has 1 aromatic carbocycles. The molecule has 0 saturated heterocycles. The van der Waals surface area contributed by atoms with Gasteiger partial charge in [-0.1, -0.05) is 56.0 Å². The molecule has 0 spiro atoms. The fourth-order valence-corrected chi connectivity index (χ4v) is 3.45. The summed E-state index contributed by atoms with van der Waals surface area (Å²) in [7, 11) is 3.58. The Kier molecular flexibility index (Phi) is 13.7. The zero-order chi connectivity index (χ0) is 20.0. The van der Waals surface area contributed by atoms with Crippen LogP contribution >= 0.6 is 24.0 Å². The van der Waals surface area contributed by atoms with Crippen molar-refractivity contribution in [3.8, 4) is 0 Å². The van der Waals surface area contributed by atoms with Gasteiger partial charge in [0.1, 0.15) is 0 Å². The first-order valence-electron chi connectivity index (χ1n) is 10.5. The fourth-order valence-electron chi connectivity index (χ4n) is 3.45. The summed E-state index contributed by atoms with van der Waals surface area (Å²) in [4.78, 5) is 18.3. The number of amides is 1. The number of aliphatic imine (C=N–C) groups is 1. The third-order valence-electron chi connectivity index (χ3n) is 5.09. The summed E-state index contributed by atoms with van der Waals surface area (Å²) in [6, 6.07) is 10.0. The Morgan fingerprint density at radius 1 is 1.10 bits per heavy atom. The van der Waals surface area contributed by atoms with Gasteiger partial charge in [0, 0.05) is 40.2 Å². The van der Waals surface area contributed by atoms with Gasteiger partial charge in [-0.25, -0.2) is 0 Å². The van der Waals surface area contributed by atoms with E-state index in [0.717, 1.165) is 12.1 Å². The lowest BCUT2D eigenvalue weighted by Gasteiger charge is -2.18. The predicted molar refractivity (Wildman–Crippen MR) is 130 cm³/mol. The number of nitrogens with one attached hydrogen (secondary N) is 2. The van der Waals surface area contributed by atoms with E-state index in [1.165, 1.54) is 38.5 Å². The smallest absolute Gasteiger partial charge is 0.224 e. The molecule has 0 atom stereocenters. The molecule has 0 heterocycles. The molecule has 0 unspecified atom stereocenters. The lowest BCUT2D eigenvalue weighted by molar-refractivity contribution is -0.130. The number of ether oxygens (including phenoxy) is 1. The lowest BCUT2D eigenvalue weighted by atomic mass is 10.1. The SMILES string of the molecule is CN=C(NCCOC1CCCCCC1)NCCC(=O)N(C)Cc1ccccc1.I. The summed E-state index contributed by atoms with van der Waals surface area (Å²) < 4.78 is 5.98. The predicted octanol–water partition coefficient (Wildman–Crippen LogP) is 3.56. The van der Waals surface area contributed by atoms with E-state index in [4.69, 9.17) is 4.74 Å². The topological polar surface area (TPSA) is 66.0 Å². The maximum absolute atomic E-state index is 12.3. The van der Waals surface area contributed by atoms with E-state index in [1.54, 1.807) is 11.9 Å². The highest BCUT2D eigenvalue weighted by molar-refractivity contribution is 14.0. The van der Waals surface area contributed by atoms with Gasteiger partial charge in [-0.15, -0.1) is 24.0 Å². The van der Waals surface area contributed by atoms with Crippen molar-refractivity contribution in [2.24, 2.45) is 4.99 Å². The highest BCUT2D eigenvalue weighted by Crippen LogP contribution is 2.19. The summed E-state index contributed by atoms with van der Waals surface area (Å²) in [6.45, 7) is 2.59. The zero-order valence-corrected chi connectivity index (χ0v) is 20.2. The molecule has 1 amide bonds. The normalized spacial score (nSPS) is 15.2. The van der Waals surface area contributed by atoms with Crippen LogP contribution in [0.2, 0.25) is 0 Å². The van der Waals surface area contributed by atoms with E-state index in [9.17, 15) is 4.79 Å². The van der Waals surface area contributed by atoms with Gasteiger partial charge in [-0.3, -0.25) is 9.79 Å². The van der Waals surface area contributed by atoms with Crippen molar-refractivity contribution in [2.45, 2.75) is 57.6 Å². The Bertz CT molecular complexity index is 590. The minimum Gasteiger partial charge on any atom is -0.376 e. The zero-order valence-electron chi connectivity index (χ0n) is 17.9. The van der Waals surface area contributed by atoms with Crippen LogP contribution in [-0.4, -0.2) is 56.7 Å². The van der Waals surface area contributed by atoms with Gasteiger partial charge in [0.15, 0.2) is 5.96 Å². The molecule has 0 aromatic heterocycles. The molecule has 1 fully saturated rings. The van der Waals surface area contributed by atoms with E-state index >= 15 is 0 Å². The van der Waals surface area contributed by atoms with Gasteiger partial charge in [-0.05, 0) is 18.4 Å². The number of halogens is 1. The number of carbonyl (C=O) groups excluding carboxylic acids is 1.